The van der Waals surface area contributed by atoms with Crippen LogP contribution in [0.25, 0.3) is 0 Å². The summed E-state index contributed by atoms with van der Waals surface area (Å²) in [6, 6.07) is 12.0. The number of sulfonamides is 1. The minimum atomic E-state index is -3.85. The number of phenolic OH excluding ortho intramolecular Hbond substituents is 1. The van der Waals surface area contributed by atoms with Gasteiger partial charge >= 0.3 is 0 Å². The van der Waals surface area contributed by atoms with Crippen molar-refractivity contribution in [2.45, 2.75) is 74.8 Å². The number of nitrogens with zero attached hydrogens (tertiary/aromatic N) is 1. The molecule has 0 radical (unpaired) electrons. The maximum Gasteiger partial charge on any atom is 0.241 e. The second kappa shape index (κ2) is 9.81. The summed E-state index contributed by atoms with van der Waals surface area (Å²) in [6.07, 6.45) is 3.60. The number of anilines is 1. The van der Waals surface area contributed by atoms with E-state index in [1.54, 1.807) is 36.4 Å². The van der Waals surface area contributed by atoms with E-state index in [1.807, 2.05) is 25.1 Å². The lowest BCUT2D eigenvalue weighted by Gasteiger charge is -2.40. The number of unbranched alkanes of at least 4 members (excludes halogenated alkanes) is 2. The molecular weight excluding hydrogens is 424 g/mol. The SMILES string of the molecule is CCCCC1(CCCC)NS(=O)(=O)c2ccc(N(C)C)cc2[C@@H](c2ccc(O)cc2)[C@H]1O. The number of hydrogen-bond donors (Lipinski definition) is 3. The Bertz CT molecular complexity index is 1010. The minimum absolute atomic E-state index is 0.133. The first-order chi connectivity index (χ1) is 15.1. The molecule has 2 aromatic rings. The van der Waals surface area contributed by atoms with E-state index < -0.39 is 27.6 Å². The van der Waals surface area contributed by atoms with Crippen LogP contribution in [0.1, 0.15) is 69.4 Å². The highest BCUT2D eigenvalue weighted by molar-refractivity contribution is 7.89. The van der Waals surface area contributed by atoms with Crippen LogP contribution in [0.15, 0.2) is 47.4 Å². The monoisotopic (exact) mass is 460 g/mol. The van der Waals surface area contributed by atoms with E-state index in [9.17, 15) is 18.6 Å². The fourth-order valence-electron chi connectivity index (χ4n) is 4.72. The summed E-state index contributed by atoms with van der Waals surface area (Å²) in [5, 5.41) is 21.8. The number of fused-ring (bicyclic) bond motifs is 1. The predicted octanol–water partition coefficient (Wildman–Crippen LogP) is 4.36. The summed E-state index contributed by atoms with van der Waals surface area (Å²) >= 11 is 0. The van der Waals surface area contributed by atoms with Crippen molar-refractivity contribution in [1.29, 1.82) is 0 Å². The molecule has 1 heterocycles. The van der Waals surface area contributed by atoms with Gasteiger partial charge < -0.3 is 15.1 Å². The largest absolute Gasteiger partial charge is 0.508 e. The third-order valence-electron chi connectivity index (χ3n) is 6.56. The second-order valence-corrected chi connectivity index (χ2v) is 10.8. The van der Waals surface area contributed by atoms with E-state index in [0.717, 1.165) is 36.9 Å². The van der Waals surface area contributed by atoms with Crippen molar-refractivity contribution in [3.63, 3.8) is 0 Å². The van der Waals surface area contributed by atoms with Gasteiger partial charge in [0.15, 0.2) is 0 Å². The van der Waals surface area contributed by atoms with Gasteiger partial charge in [0.1, 0.15) is 5.75 Å². The molecule has 0 saturated carbocycles. The molecule has 0 aliphatic carbocycles. The van der Waals surface area contributed by atoms with Crippen LogP contribution < -0.4 is 9.62 Å². The first-order valence-corrected chi connectivity index (χ1v) is 13.0. The quantitative estimate of drug-likeness (QED) is 0.545. The highest BCUT2D eigenvalue weighted by atomic mass is 32.2. The summed E-state index contributed by atoms with van der Waals surface area (Å²) in [6.45, 7) is 4.14. The van der Waals surface area contributed by atoms with Crippen molar-refractivity contribution >= 4 is 15.7 Å². The average Bonchev–Trinajstić information content (AvgIpc) is 2.83. The minimum Gasteiger partial charge on any atom is -0.508 e. The molecule has 2 aromatic carbocycles. The third kappa shape index (κ3) is 4.80. The van der Waals surface area contributed by atoms with Gasteiger partial charge in [-0.2, -0.15) is 0 Å². The van der Waals surface area contributed by atoms with Crippen LogP contribution in [0, 0.1) is 0 Å². The Hall–Kier alpha value is -2.09. The van der Waals surface area contributed by atoms with Gasteiger partial charge in [-0.25, -0.2) is 13.1 Å². The molecule has 0 spiro atoms. The molecule has 0 aromatic heterocycles. The molecule has 1 aliphatic heterocycles. The Morgan fingerprint density at radius 1 is 1.00 bits per heavy atom. The van der Waals surface area contributed by atoms with Crippen LogP contribution in [-0.4, -0.2) is 44.4 Å². The Morgan fingerprint density at radius 3 is 2.12 bits per heavy atom. The van der Waals surface area contributed by atoms with E-state index in [4.69, 9.17) is 0 Å². The van der Waals surface area contributed by atoms with Crippen LogP contribution in [0.2, 0.25) is 0 Å². The lowest BCUT2D eigenvalue weighted by Crippen LogP contribution is -2.56. The molecule has 0 saturated heterocycles. The van der Waals surface area contributed by atoms with Crippen LogP contribution in [0.5, 0.6) is 5.75 Å². The topological polar surface area (TPSA) is 89.9 Å². The zero-order valence-corrected chi connectivity index (χ0v) is 20.3. The smallest absolute Gasteiger partial charge is 0.241 e. The van der Waals surface area contributed by atoms with Crippen molar-refractivity contribution < 1.29 is 18.6 Å². The molecule has 0 fully saturated rings. The summed E-state index contributed by atoms with van der Waals surface area (Å²) < 4.78 is 30.2. The maximum absolute atomic E-state index is 13.6. The number of aliphatic hydroxyl groups is 1. The number of benzene rings is 2. The molecular formula is C25H36N2O4S. The molecule has 0 bridgehead atoms. The lowest BCUT2D eigenvalue weighted by molar-refractivity contribution is 0.0470. The Labute approximate surface area is 192 Å². The first-order valence-electron chi connectivity index (χ1n) is 11.5. The number of aliphatic hydroxyl groups excluding tert-OH is 1. The highest BCUT2D eigenvalue weighted by Gasteiger charge is 2.49. The first kappa shape index (κ1) is 24.6. The predicted molar refractivity (Wildman–Crippen MR) is 129 cm³/mol. The highest BCUT2D eigenvalue weighted by Crippen LogP contribution is 2.44. The van der Waals surface area contributed by atoms with Crippen LogP contribution >= 0.6 is 0 Å². The fraction of sp³-hybridized carbons (Fsp3) is 0.520. The van der Waals surface area contributed by atoms with Crippen LogP contribution in [0.4, 0.5) is 5.69 Å². The summed E-state index contributed by atoms with van der Waals surface area (Å²) in [4.78, 5) is 2.13. The molecule has 0 unspecified atom stereocenters. The number of nitrogens with one attached hydrogen (secondary N) is 1. The molecule has 3 rings (SSSR count). The van der Waals surface area contributed by atoms with Crippen LogP contribution in [0.3, 0.4) is 0 Å². The molecule has 3 N–H and O–H groups in total. The number of phenols is 1. The molecule has 2 atom stereocenters. The average molecular weight is 461 g/mol. The summed E-state index contributed by atoms with van der Waals surface area (Å²) in [5.74, 6) is -0.419. The molecule has 0 amide bonds. The van der Waals surface area contributed by atoms with Crippen molar-refractivity contribution in [3.8, 4) is 5.75 Å². The van der Waals surface area contributed by atoms with E-state index in [0.29, 0.717) is 18.4 Å². The maximum atomic E-state index is 13.6. The van der Waals surface area contributed by atoms with Gasteiger partial charge in [-0.1, -0.05) is 51.7 Å². The van der Waals surface area contributed by atoms with E-state index in [1.165, 1.54) is 0 Å². The number of hydrogen-bond acceptors (Lipinski definition) is 5. The van der Waals surface area contributed by atoms with Gasteiger partial charge in [-0.3, -0.25) is 0 Å². The van der Waals surface area contributed by atoms with Gasteiger partial charge in [0.05, 0.1) is 16.5 Å². The van der Waals surface area contributed by atoms with E-state index in [-0.39, 0.29) is 10.6 Å². The zero-order valence-electron chi connectivity index (χ0n) is 19.5. The second-order valence-electron chi connectivity index (χ2n) is 9.10. The standard InChI is InChI=1S/C25H36N2O4S/c1-5-7-15-25(16-8-6-2)24(29)23(18-9-12-20(28)13-10-18)21-17-19(27(3)4)11-14-22(21)32(30,31)26-25/h9-14,17,23-24,26,28-29H,5-8,15-16H2,1-4H3/t23-,24-/m1/s1. The Balaban J connectivity index is 2.30. The van der Waals surface area contributed by atoms with Gasteiger partial charge in [-0.05, 0) is 54.3 Å². The van der Waals surface area contributed by atoms with Gasteiger partial charge in [0.2, 0.25) is 10.0 Å². The van der Waals surface area contributed by atoms with Gasteiger partial charge in [-0.15, -0.1) is 0 Å². The van der Waals surface area contributed by atoms with Crippen molar-refractivity contribution in [2.75, 3.05) is 19.0 Å². The number of aromatic hydroxyl groups is 1. The van der Waals surface area contributed by atoms with E-state index in [2.05, 4.69) is 18.6 Å². The molecule has 32 heavy (non-hydrogen) atoms. The van der Waals surface area contributed by atoms with Crippen molar-refractivity contribution in [1.82, 2.24) is 4.72 Å². The molecule has 7 heteroatoms. The lowest BCUT2D eigenvalue weighted by atomic mass is 9.73. The van der Waals surface area contributed by atoms with Crippen LogP contribution in [-0.2, 0) is 10.0 Å². The summed E-state index contributed by atoms with van der Waals surface area (Å²) in [5.41, 5.74) is 1.26. The van der Waals surface area contributed by atoms with Gasteiger partial charge in [0, 0.05) is 25.7 Å². The van der Waals surface area contributed by atoms with Crippen molar-refractivity contribution in [3.05, 3.63) is 53.6 Å². The molecule has 176 valence electrons. The zero-order chi connectivity index (χ0) is 23.5. The summed E-state index contributed by atoms with van der Waals surface area (Å²) in [7, 11) is -0.0359. The Kier molecular flexibility index (Phi) is 7.53. The third-order valence-corrected chi connectivity index (χ3v) is 8.19. The number of rotatable bonds is 8. The fourth-order valence-corrected chi connectivity index (χ4v) is 6.44. The normalized spacial score (nSPS) is 21.5. The Morgan fingerprint density at radius 2 is 1.59 bits per heavy atom. The van der Waals surface area contributed by atoms with E-state index >= 15 is 0 Å². The van der Waals surface area contributed by atoms with Crippen molar-refractivity contribution in [2.24, 2.45) is 0 Å². The van der Waals surface area contributed by atoms with Gasteiger partial charge in [0.25, 0.3) is 0 Å². The molecule has 6 nitrogen and oxygen atoms in total. The molecule has 1 aliphatic rings.